The van der Waals surface area contributed by atoms with Crippen LogP contribution in [0.1, 0.15) is 0 Å². The van der Waals surface area contributed by atoms with Crippen molar-refractivity contribution < 1.29 is 18.0 Å². The SMILES string of the molecule is Cn1cc(-c2ccc3cnc(NC(=O)C4(F)CN(CC(F)F)C4)cc3c2)cn1. The minimum Gasteiger partial charge on any atom is -0.308 e. The number of anilines is 1. The molecule has 9 heteroatoms. The highest BCUT2D eigenvalue weighted by molar-refractivity contribution is 5.99. The number of nitrogens with one attached hydrogen (secondary N) is 1. The van der Waals surface area contributed by atoms with E-state index in [1.54, 1.807) is 23.1 Å². The number of carbonyl (C=O) groups is 1. The smallest absolute Gasteiger partial charge is 0.265 e. The van der Waals surface area contributed by atoms with Crippen molar-refractivity contribution >= 4 is 22.5 Å². The van der Waals surface area contributed by atoms with E-state index < -0.39 is 24.5 Å². The summed E-state index contributed by atoms with van der Waals surface area (Å²) in [7, 11) is 1.83. The molecule has 1 saturated heterocycles. The van der Waals surface area contributed by atoms with E-state index in [2.05, 4.69) is 15.4 Å². The van der Waals surface area contributed by atoms with Crippen molar-refractivity contribution in [2.75, 3.05) is 25.0 Å². The number of hydrogen-bond donors (Lipinski definition) is 1. The number of alkyl halides is 3. The Kier molecular flexibility index (Phi) is 4.54. The molecule has 1 fully saturated rings. The molecule has 0 bridgehead atoms. The highest BCUT2D eigenvalue weighted by atomic mass is 19.3. The van der Waals surface area contributed by atoms with Gasteiger partial charge in [-0.2, -0.15) is 5.10 Å². The second-order valence-electron chi connectivity index (χ2n) is 7.01. The summed E-state index contributed by atoms with van der Waals surface area (Å²) < 4.78 is 40.9. The van der Waals surface area contributed by atoms with Crippen molar-refractivity contribution in [2.45, 2.75) is 12.1 Å². The molecule has 1 amide bonds. The zero-order valence-corrected chi connectivity index (χ0v) is 15.1. The van der Waals surface area contributed by atoms with Gasteiger partial charge in [-0.15, -0.1) is 0 Å². The van der Waals surface area contributed by atoms with Gasteiger partial charge in [-0.1, -0.05) is 12.1 Å². The molecule has 0 unspecified atom stereocenters. The third kappa shape index (κ3) is 3.57. The number of aromatic nitrogens is 3. The first kappa shape index (κ1) is 18.4. The third-order valence-corrected chi connectivity index (χ3v) is 4.75. The highest BCUT2D eigenvalue weighted by Crippen LogP contribution is 2.29. The highest BCUT2D eigenvalue weighted by Gasteiger charge is 2.50. The van der Waals surface area contributed by atoms with Gasteiger partial charge in [0.2, 0.25) is 5.67 Å². The second kappa shape index (κ2) is 6.90. The molecule has 0 atom stereocenters. The van der Waals surface area contributed by atoms with Gasteiger partial charge >= 0.3 is 0 Å². The number of aryl methyl sites for hydroxylation is 1. The van der Waals surface area contributed by atoms with Crippen molar-refractivity contribution in [3.05, 3.63) is 42.9 Å². The van der Waals surface area contributed by atoms with Crippen LogP contribution in [-0.2, 0) is 11.8 Å². The zero-order chi connectivity index (χ0) is 19.9. The van der Waals surface area contributed by atoms with Gasteiger partial charge in [0.1, 0.15) is 5.82 Å². The number of likely N-dealkylation sites (tertiary alicyclic amines) is 1. The van der Waals surface area contributed by atoms with Crippen molar-refractivity contribution in [1.82, 2.24) is 19.7 Å². The molecule has 2 aromatic heterocycles. The van der Waals surface area contributed by atoms with Crippen LogP contribution >= 0.6 is 0 Å². The van der Waals surface area contributed by atoms with E-state index in [9.17, 15) is 18.0 Å². The number of benzene rings is 1. The molecule has 4 rings (SSSR count). The van der Waals surface area contributed by atoms with Crippen LogP contribution < -0.4 is 5.32 Å². The summed E-state index contributed by atoms with van der Waals surface area (Å²) in [4.78, 5) is 17.6. The van der Waals surface area contributed by atoms with Gasteiger partial charge in [0.15, 0.2) is 0 Å². The first-order chi connectivity index (χ1) is 13.3. The van der Waals surface area contributed by atoms with E-state index in [4.69, 9.17) is 0 Å². The lowest BCUT2D eigenvalue weighted by Crippen LogP contribution is -2.65. The number of carbonyl (C=O) groups excluding carboxylic acids is 1. The molecule has 1 aliphatic rings. The molecule has 3 heterocycles. The summed E-state index contributed by atoms with van der Waals surface area (Å²) in [5.41, 5.74) is -0.279. The second-order valence-corrected chi connectivity index (χ2v) is 7.01. The number of fused-ring (bicyclic) bond motifs is 1. The molecule has 0 saturated carbocycles. The lowest BCUT2D eigenvalue weighted by molar-refractivity contribution is -0.141. The Balaban J connectivity index is 1.50. The fourth-order valence-electron chi connectivity index (χ4n) is 3.32. The number of halogens is 3. The lowest BCUT2D eigenvalue weighted by Gasteiger charge is -2.42. The van der Waals surface area contributed by atoms with Crippen molar-refractivity contribution in [2.24, 2.45) is 7.05 Å². The van der Waals surface area contributed by atoms with Crippen LogP contribution in [0, 0.1) is 0 Å². The van der Waals surface area contributed by atoms with Gasteiger partial charge in [-0.3, -0.25) is 14.4 Å². The van der Waals surface area contributed by atoms with E-state index in [0.717, 1.165) is 21.9 Å². The minimum atomic E-state index is -2.55. The number of pyridine rings is 1. The van der Waals surface area contributed by atoms with E-state index in [1.807, 2.05) is 31.4 Å². The van der Waals surface area contributed by atoms with Gasteiger partial charge in [0.05, 0.1) is 12.7 Å². The first-order valence-electron chi connectivity index (χ1n) is 8.72. The van der Waals surface area contributed by atoms with Crippen molar-refractivity contribution in [1.29, 1.82) is 0 Å². The summed E-state index contributed by atoms with van der Waals surface area (Å²) in [6.45, 7) is -1.23. The van der Waals surface area contributed by atoms with Crippen LogP contribution in [-0.4, -0.2) is 57.3 Å². The first-order valence-corrected chi connectivity index (χ1v) is 8.72. The number of hydrogen-bond acceptors (Lipinski definition) is 4. The average Bonchev–Trinajstić information content (AvgIpc) is 3.05. The molecule has 1 aliphatic heterocycles. The summed E-state index contributed by atoms with van der Waals surface area (Å²) in [5, 5.41) is 8.30. The molecular formula is C19H18F3N5O. The molecule has 0 spiro atoms. The lowest BCUT2D eigenvalue weighted by atomic mass is 9.95. The van der Waals surface area contributed by atoms with E-state index >= 15 is 0 Å². The maximum absolute atomic E-state index is 14.6. The average molecular weight is 389 g/mol. The molecule has 1 N–H and O–H groups in total. The molecule has 6 nitrogen and oxygen atoms in total. The largest absolute Gasteiger partial charge is 0.308 e. The summed E-state index contributed by atoms with van der Waals surface area (Å²) in [6.07, 6.45) is 2.68. The Labute approximate surface area is 159 Å². The standard InChI is InChI=1S/C19H18F3N5O/c1-26-8-15(7-24-26)12-2-3-13-6-23-17(5-14(13)4-12)25-18(28)19(22)10-27(11-19)9-16(20)21/h2-8,16H,9-11H2,1H3,(H,23,25,28). The normalized spacial score (nSPS) is 16.3. The van der Waals surface area contributed by atoms with Gasteiger partial charge in [0.25, 0.3) is 12.3 Å². The Bertz CT molecular complexity index is 1030. The van der Waals surface area contributed by atoms with Crippen LogP contribution in [0.4, 0.5) is 19.0 Å². The molecule has 0 radical (unpaired) electrons. The molecule has 0 aliphatic carbocycles. The Morgan fingerprint density at radius 1 is 1.21 bits per heavy atom. The molecule has 3 aromatic rings. The topological polar surface area (TPSA) is 63.1 Å². The van der Waals surface area contributed by atoms with E-state index in [-0.39, 0.29) is 18.9 Å². The van der Waals surface area contributed by atoms with E-state index in [0.29, 0.717) is 0 Å². The summed E-state index contributed by atoms with van der Waals surface area (Å²) in [5.74, 6) is -0.654. The Morgan fingerprint density at radius 3 is 2.68 bits per heavy atom. The Morgan fingerprint density at radius 2 is 2.00 bits per heavy atom. The van der Waals surface area contributed by atoms with Gasteiger partial charge in [-0.05, 0) is 23.1 Å². The fraction of sp³-hybridized carbons (Fsp3) is 0.316. The van der Waals surface area contributed by atoms with Crippen molar-refractivity contribution in [3.63, 3.8) is 0 Å². The predicted molar refractivity (Wildman–Crippen MR) is 98.9 cm³/mol. The van der Waals surface area contributed by atoms with Crippen LogP contribution in [0.2, 0.25) is 0 Å². The van der Waals surface area contributed by atoms with Crippen LogP contribution in [0.15, 0.2) is 42.9 Å². The van der Waals surface area contributed by atoms with Crippen LogP contribution in [0.25, 0.3) is 21.9 Å². The maximum atomic E-state index is 14.6. The Hall–Kier alpha value is -2.94. The van der Waals surface area contributed by atoms with Crippen LogP contribution in [0.3, 0.4) is 0 Å². The summed E-state index contributed by atoms with van der Waals surface area (Å²) >= 11 is 0. The quantitative estimate of drug-likeness (QED) is 0.729. The molecule has 146 valence electrons. The molecular weight excluding hydrogens is 371 g/mol. The third-order valence-electron chi connectivity index (χ3n) is 4.75. The number of nitrogens with zero attached hydrogens (tertiary/aromatic N) is 4. The molecule has 1 aromatic carbocycles. The fourth-order valence-corrected chi connectivity index (χ4v) is 3.32. The van der Waals surface area contributed by atoms with Gasteiger partial charge < -0.3 is 5.32 Å². The maximum Gasteiger partial charge on any atom is 0.265 e. The molecule has 28 heavy (non-hydrogen) atoms. The van der Waals surface area contributed by atoms with Crippen molar-refractivity contribution in [3.8, 4) is 11.1 Å². The number of amides is 1. The number of rotatable bonds is 5. The van der Waals surface area contributed by atoms with Gasteiger partial charge in [-0.25, -0.2) is 18.2 Å². The summed E-state index contributed by atoms with van der Waals surface area (Å²) in [6, 6.07) is 7.44. The predicted octanol–water partition coefficient (Wildman–Crippen LogP) is 2.86. The van der Waals surface area contributed by atoms with Crippen LogP contribution in [0.5, 0.6) is 0 Å². The van der Waals surface area contributed by atoms with Gasteiger partial charge in [0, 0.05) is 43.5 Å². The van der Waals surface area contributed by atoms with E-state index in [1.165, 1.54) is 4.90 Å². The minimum absolute atomic E-state index is 0.213. The zero-order valence-electron chi connectivity index (χ0n) is 15.1. The monoisotopic (exact) mass is 389 g/mol.